The maximum atomic E-state index is 11.3. The third kappa shape index (κ3) is 42.0. The molecule has 3 N–H and O–H groups in total. The van der Waals surface area contributed by atoms with Gasteiger partial charge in [-0.15, -0.1) is 0 Å². The monoisotopic (exact) mass is 970 g/mol. The van der Waals surface area contributed by atoms with Gasteiger partial charge < -0.3 is 24.8 Å². The van der Waals surface area contributed by atoms with Crippen molar-refractivity contribution in [1.29, 1.82) is 0 Å². The summed E-state index contributed by atoms with van der Waals surface area (Å²) in [5, 5.41) is 27.6. The van der Waals surface area contributed by atoms with Gasteiger partial charge >= 0.3 is 23.9 Å². The van der Waals surface area contributed by atoms with Crippen LogP contribution in [0.4, 0.5) is 0 Å². The number of esters is 2. The van der Waals surface area contributed by atoms with Crippen LogP contribution in [0.25, 0.3) is 0 Å². The van der Waals surface area contributed by atoms with Crippen LogP contribution in [0.5, 0.6) is 0 Å². The minimum atomic E-state index is -0.663. The first-order valence-corrected chi connectivity index (χ1v) is 30.7. The number of unbranched alkanes of at least 4 members (excludes halogenated alkanes) is 5. The molecule has 0 spiro atoms. The Bertz CT molecular complexity index is 928. The van der Waals surface area contributed by atoms with E-state index in [9.17, 15) is 19.2 Å². The zero-order valence-electron chi connectivity index (χ0n) is 34.9. The van der Waals surface area contributed by atoms with Crippen LogP contribution in [0, 0.1) is 0 Å². The van der Waals surface area contributed by atoms with Gasteiger partial charge in [0.1, 0.15) is 0 Å². The highest BCUT2D eigenvalue weighted by molar-refractivity contribution is 8.78. The lowest BCUT2D eigenvalue weighted by atomic mass is 10.1. The van der Waals surface area contributed by atoms with Crippen LogP contribution in [0.3, 0.4) is 0 Å². The van der Waals surface area contributed by atoms with Crippen molar-refractivity contribution in [2.24, 2.45) is 0 Å². The largest absolute Gasteiger partial charge is 0.481 e. The van der Waals surface area contributed by atoms with Crippen LogP contribution in [-0.2, 0) is 28.7 Å². The highest BCUT2D eigenvalue weighted by Gasteiger charge is 2.18. The molecule has 4 rings (SSSR count). The van der Waals surface area contributed by atoms with Crippen molar-refractivity contribution in [2.45, 2.75) is 190 Å². The van der Waals surface area contributed by atoms with Crippen LogP contribution < -0.4 is 0 Å². The Hall–Kier alpha value is 0.640. The summed E-state index contributed by atoms with van der Waals surface area (Å²) in [5.41, 5.74) is 0. The summed E-state index contributed by atoms with van der Waals surface area (Å²) in [6.07, 6.45) is 22.3. The Morgan fingerprint density at radius 2 is 0.810 bits per heavy atom. The predicted octanol–water partition coefficient (Wildman–Crippen LogP) is 13.5. The molecule has 0 aromatic rings. The molecule has 4 aliphatic heterocycles. The molecule has 9 nitrogen and oxygen atoms in total. The first-order valence-electron chi connectivity index (χ1n) is 21.1. The molecule has 4 aliphatic rings. The van der Waals surface area contributed by atoms with E-state index in [-0.39, 0.29) is 26.0 Å². The van der Waals surface area contributed by atoms with Crippen LogP contribution >= 0.6 is 86.4 Å². The number of carboxylic acids is 2. The zero-order chi connectivity index (χ0) is 42.2. The van der Waals surface area contributed by atoms with E-state index in [1.54, 1.807) is 6.92 Å². The minimum absolute atomic E-state index is 0. The maximum Gasteiger partial charge on any atom is 0.305 e. The van der Waals surface area contributed by atoms with E-state index in [0.29, 0.717) is 38.9 Å². The highest BCUT2D eigenvalue weighted by Crippen LogP contribution is 2.42. The van der Waals surface area contributed by atoms with E-state index >= 15 is 0 Å². The second-order valence-corrected chi connectivity index (χ2v) is 24.9. The lowest BCUT2D eigenvalue weighted by Crippen LogP contribution is -2.06. The van der Waals surface area contributed by atoms with E-state index < -0.39 is 11.9 Å². The van der Waals surface area contributed by atoms with Crippen molar-refractivity contribution in [3.05, 3.63) is 0 Å². The third-order valence-electron chi connectivity index (χ3n) is 8.62. The smallest absolute Gasteiger partial charge is 0.305 e. The predicted molar refractivity (Wildman–Crippen MR) is 265 cm³/mol. The molecular weight excluding hydrogens is 893 g/mol. The van der Waals surface area contributed by atoms with Gasteiger partial charge in [0.2, 0.25) is 0 Å². The number of carboxylic acid groups (broad SMARTS) is 2. The first-order chi connectivity index (χ1) is 27.6. The zero-order valence-corrected chi connectivity index (χ0v) is 41.4. The Labute approximate surface area is 384 Å². The molecule has 0 amide bonds. The molecule has 17 heteroatoms. The summed E-state index contributed by atoms with van der Waals surface area (Å²) in [4.78, 5) is 42.7. The fourth-order valence-corrected chi connectivity index (χ4v) is 17.6. The number of ether oxygens (including phenoxy) is 2. The Morgan fingerprint density at radius 1 is 0.500 bits per heavy atom. The summed E-state index contributed by atoms with van der Waals surface area (Å²) in [7, 11) is 15.8. The number of aliphatic carboxylic acids is 2. The van der Waals surface area contributed by atoms with Crippen LogP contribution in [0.1, 0.15) is 169 Å². The van der Waals surface area contributed by atoms with Crippen molar-refractivity contribution in [3.63, 3.8) is 0 Å². The number of aliphatic hydroxyl groups excluding tert-OH is 1. The van der Waals surface area contributed by atoms with Gasteiger partial charge in [0, 0.05) is 76.3 Å². The number of carbonyl (C=O) groups is 4. The molecule has 4 saturated heterocycles. The van der Waals surface area contributed by atoms with Gasteiger partial charge in [0.15, 0.2) is 0 Å². The molecule has 344 valence electrons. The second-order valence-electron chi connectivity index (χ2n) is 13.8. The molecule has 4 heterocycles. The number of aliphatic hydroxyl groups is 1. The Morgan fingerprint density at radius 3 is 1.07 bits per heavy atom. The molecule has 0 aromatic carbocycles. The van der Waals surface area contributed by atoms with Crippen LogP contribution in [0.2, 0.25) is 0 Å². The normalized spacial score (nSPS) is 20.3. The Kier molecular flexibility index (Phi) is 47.8. The third-order valence-corrected chi connectivity index (χ3v) is 20.6. The minimum Gasteiger partial charge on any atom is -0.481 e. The van der Waals surface area contributed by atoms with E-state index in [1.807, 2.05) is 93.3 Å². The number of rotatable bonds is 24. The van der Waals surface area contributed by atoms with E-state index in [1.165, 1.54) is 80.8 Å². The van der Waals surface area contributed by atoms with Gasteiger partial charge in [-0.1, -0.05) is 133 Å². The molecule has 0 aliphatic carbocycles. The van der Waals surface area contributed by atoms with E-state index in [4.69, 9.17) is 24.8 Å². The molecule has 0 radical (unpaired) electrons. The van der Waals surface area contributed by atoms with Gasteiger partial charge in [-0.05, 0) is 97.3 Å². The fraction of sp³-hybridized carbons (Fsp3) is 0.902. The van der Waals surface area contributed by atoms with Crippen LogP contribution in [0.15, 0.2) is 0 Å². The average Bonchev–Trinajstić information content (AvgIpc) is 4.04. The van der Waals surface area contributed by atoms with Crippen molar-refractivity contribution in [1.82, 2.24) is 0 Å². The van der Waals surface area contributed by atoms with Crippen LogP contribution in [-0.4, -0.2) is 103 Å². The van der Waals surface area contributed by atoms with Crippen molar-refractivity contribution in [2.75, 3.05) is 42.8 Å². The molecule has 4 atom stereocenters. The number of hydrogen-bond acceptors (Lipinski definition) is 15. The average molecular weight is 972 g/mol. The molecule has 58 heavy (non-hydrogen) atoms. The van der Waals surface area contributed by atoms with Gasteiger partial charge in [-0.2, -0.15) is 0 Å². The lowest BCUT2D eigenvalue weighted by molar-refractivity contribution is -0.144. The number of carbonyl (C=O) groups excluding carboxylic acids is 2. The van der Waals surface area contributed by atoms with Gasteiger partial charge in [-0.3, -0.25) is 19.2 Å². The van der Waals surface area contributed by atoms with E-state index in [2.05, 4.69) is 6.92 Å². The number of hydrogen-bond donors (Lipinski definition) is 3. The Balaban J connectivity index is 0. The second kappa shape index (κ2) is 45.7. The van der Waals surface area contributed by atoms with Crippen molar-refractivity contribution < 1.29 is 44.0 Å². The summed E-state index contributed by atoms with van der Waals surface area (Å²) in [6, 6.07) is 0. The summed E-state index contributed by atoms with van der Waals surface area (Å²) in [6.45, 7) is 6.99. The fourth-order valence-electron chi connectivity index (χ4n) is 5.47. The molecule has 0 bridgehead atoms. The SMILES string of the molecule is C.CCCCOC(=O)CCCCC1CCSS1.CCO.CCOC(=O)CCCCC1CCSS1.O=C(O)CCCCC1CCSS1.O=C(O)CCCCC1CCSS1. The topological polar surface area (TPSA) is 147 Å². The molecule has 0 saturated carbocycles. The highest BCUT2D eigenvalue weighted by atomic mass is 33.1. The molecule has 0 aromatic heterocycles. The maximum absolute atomic E-state index is 11.3. The lowest BCUT2D eigenvalue weighted by Gasteiger charge is -2.06. The van der Waals surface area contributed by atoms with Crippen molar-refractivity contribution >= 4 is 110 Å². The molecule has 4 fully saturated rings. The summed E-state index contributed by atoms with van der Waals surface area (Å²) in [5.74, 6) is 3.76. The van der Waals surface area contributed by atoms with Gasteiger partial charge in [0.05, 0.1) is 13.2 Å². The summed E-state index contributed by atoms with van der Waals surface area (Å²) >= 11 is 0. The first kappa shape index (κ1) is 60.7. The van der Waals surface area contributed by atoms with Gasteiger partial charge in [0.25, 0.3) is 0 Å². The molecular formula is C41H78O9S8. The quantitative estimate of drug-likeness (QED) is 0.0478. The van der Waals surface area contributed by atoms with Crippen molar-refractivity contribution in [3.8, 4) is 0 Å². The van der Waals surface area contributed by atoms with Gasteiger partial charge in [-0.25, -0.2) is 0 Å². The molecule has 4 unspecified atom stereocenters. The van der Waals surface area contributed by atoms with E-state index in [0.717, 1.165) is 78.8 Å². The summed E-state index contributed by atoms with van der Waals surface area (Å²) < 4.78 is 9.97. The standard InChI is InChI=1S/C12H22O2S2.C10H18O2S2.2C8H14O2S2.C2H6O.CH4/c1-2-3-9-14-12(13)7-5-4-6-11-8-10-15-16-11;1-2-12-10(11)6-4-3-5-9-7-8-13-14-9;2*9-8(10)4-2-1-3-7-5-6-11-12-7;1-2-3;/h11H,2-10H2,1H3;9H,2-8H2,1H3;2*7H,1-6H2,(H,9,10);3H,2H2,1H3;1H4.